The molecule has 1 aromatic carbocycles. The average molecular weight is 263 g/mol. The number of benzene rings is 1. The van der Waals surface area contributed by atoms with Gasteiger partial charge in [0, 0.05) is 12.2 Å². The Kier molecular flexibility index (Phi) is 4.63. The number of aryl methyl sites for hydroxylation is 1. The van der Waals surface area contributed by atoms with Crippen molar-refractivity contribution in [2.75, 3.05) is 13.2 Å². The number of nitrogens with zero attached hydrogens (tertiary/aromatic N) is 1. The van der Waals surface area contributed by atoms with Crippen LogP contribution in [0.1, 0.15) is 24.0 Å². The highest BCUT2D eigenvalue weighted by molar-refractivity contribution is 5.75. The number of hydrogen-bond acceptors (Lipinski definition) is 3. The number of nitrogens with two attached hydrogens (primary N) is 2. The zero-order valence-corrected chi connectivity index (χ0v) is 11.3. The molecule has 104 valence electrons. The minimum Gasteiger partial charge on any atom is -0.491 e. The van der Waals surface area contributed by atoms with Crippen LogP contribution in [0.4, 0.5) is 0 Å². The second-order valence-electron chi connectivity index (χ2n) is 4.80. The standard InChI is InChI=1S/C14H21N3O2/c1-10-4-5-11(8-17-14(15)16)13(7-10)19-9-12-3-2-6-18-12/h4-5,7,12H,2-3,6,8-9H2,1H3,(H4,15,16,17). The highest BCUT2D eigenvalue weighted by Crippen LogP contribution is 2.23. The Morgan fingerprint density at radius 2 is 2.32 bits per heavy atom. The lowest BCUT2D eigenvalue weighted by atomic mass is 10.1. The molecule has 4 N–H and O–H groups in total. The summed E-state index contributed by atoms with van der Waals surface area (Å²) in [4.78, 5) is 4.03. The molecule has 2 rings (SSSR count). The molecular weight excluding hydrogens is 242 g/mol. The fraction of sp³-hybridized carbons (Fsp3) is 0.500. The zero-order valence-electron chi connectivity index (χ0n) is 11.3. The van der Waals surface area contributed by atoms with E-state index in [2.05, 4.69) is 4.99 Å². The number of aliphatic imine (C=N–C) groups is 1. The van der Waals surface area contributed by atoms with Crippen LogP contribution in [0, 0.1) is 6.92 Å². The van der Waals surface area contributed by atoms with Crippen molar-refractivity contribution < 1.29 is 9.47 Å². The number of ether oxygens (including phenoxy) is 2. The van der Waals surface area contributed by atoms with Gasteiger partial charge in [-0.2, -0.15) is 0 Å². The van der Waals surface area contributed by atoms with Gasteiger partial charge < -0.3 is 20.9 Å². The van der Waals surface area contributed by atoms with E-state index in [1.165, 1.54) is 0 Å². The number of hydrogen-bond donors (Lipinski definition) is 2. The van der Waals surface area contributed by atoms with E-state index in [0.29, 0.717) is 13.2 Å². The van der Waals surface area contributed by atoms with Gasteiger partial charge in [-0.25, -0.2) is 4.99 Å². The van der Waals surface area contributed by atoms with Crippen LogP contribution in [0.15, 0.2) is 23.2 Å². The van der Waals surface area contributed by atoms with Gasteiger partial charge in [0.25, 0.3) is 0 Å². The van der Waals surface area contributed by atoms with Crippen LogP contribution in [0.2, 0.25) is 0 Å². The van der Waals surface area contributed by atoms with Crippen LogP contribution in [0.3, 0.4) is 0 Å². The van der Waals surface area contributed by atoms with E-state index < -0.39 is 0 Å². The molecule has 1 heterocycles. The molecule has 1 unspecified atom stereocenters. The minimum absolute atomic E-state index is 0.0886. The van der Waals surface area contributed by atoms with Crippen LogP contribution >= 0.6 is 0 Å². The second-order valence-corrected chi connectivity index (χ2v) is 4.80. The molecule has 0 radical (unpaired) electrons. The summed E-state index contributed by atoms with van der Waals surface area (Å²) in [5, 5.41) is 0. The molecule has 0 bridgehead atoms. The highest BCUT2D eigenvalue weighted by Gasteiger charge is 2.16. The van der Waals surface area contributed by atoms with E-state index in [4.69, 9.17) is 20.9 Å². The van der Waals surface area contributed by atoms with Crippen molar-refractivity contribution in [1.82, 2.24) is 0 Å². The monoisotopic (exact) mass is 263 g/mol. The summed E-state index contributed by atoms with van der Waals surface area (Å²) in [6.45, 7) is 3.88. The molecule has 0 amide bonds. The van der Waals surface area contributed by atoms with Crippen molar-refractivity contribution >= 4 is 5.96 Å². The summed E-state index contributed by atoms with van der Waals surface area (Å²) in [5.74, 6) is 0.922. The maximum absolute atomic E-state index is 5.86. The molecule has 0 aliphatic carbocycles. The first kappa shape index (κ1) is 13.7. The van der Waals surface area contributed by atoms with Gasteiger partial charge in [-0.15, -0.1) is 0 Å². The first-order chi connectivity index (χ1) is 9.15. The first-order valence-corrected chi connectivity index (χ1v) is 6.54. The van der Waals surface area contributed by atoms with Gasteiger partial charge in [-0.1, -0.05) is 12.1 Å². The lowest BCUT2D eigenvalue weighted by molar-refractivity contribution is 0.0676. The van der Waals surface area contributed by atoms with E-state index in [0.717, 1.165) is 36.3 Å². The molecular formula is C14H21N3O2. The van der Waals surface area contributed by atoms with Gasteiger partial charge in [0.1, 0.15) is 12.4 Å². The molecule has 1 aliphatic rings. The maximum atomic E-state index is 5.86. The summed E-state index contributed by atoms with van der Waals surface area (Å²) >= 11 is 0. The largest absolute Gasteiger partial charge is 0.491 e. The van der Waals surface area contributed by atoms with E-state index in [-0.39, 0.29) is 12.1 Å². The Morgan fingerprint density at radius 1 is 1.47 bits per heavy atom. The fourth-order valence-corrected chi connectivity index (χ4v) is 2.06. The molecule has 0 saturated carbocycles. The van der Waals surface area contributed by atoms with Crippen molar-refractivity contribution in [2.24, 2.45) is 16.5 Å². The Bertz CT molecular complexity index is 450. The van der Waals surface area contributed by atoms with Crippen molar-refractivity contribution in [2.45, 2.75) is 32.4 Å². The molecule has 0 aromatic heterocycles. The molecule has 1 aliphatic heterocycles. The van der Waals surface area contributed by atoms with Crippen molar-refractivity contribution in [3.63, 3.8) is 0 Å². The Morgan fingerprint density at radius 3 is 3.00 bits per heavy atom. The summed E-state index contributed by atoms with van der Waals surface area (Å²) < 4.78 is 11.4. The Hall–Kier alpha value is -1.75. The second kappa shape index (κ2) is 6.43. The number of rotatable bonds is 5. The maximum Gasteiger partial charge on any atom is 0.186 e. The molecule has 5 nitrogen and oxygen atoms in total. The molecule has 1 atom stereocenters. The molecule has 5 heteroatoms. The molecule has 0 spiro atoms. The summed E-state index contributed by atoms with van der Waals surface area (Å²) in [5.41, 5.74) is 12.9. The van der Waals surface area contributed by atoms with Gasteiger partial charge in [-0.3, -0.25) is 0 Å². The molecule has 1 saturated heterocycles. The van der Waals surface area contributed by atoms with Crippen molar-refractivity contribution in [3.05, 3.63) is 29.3 Å². The number of guanidine groups is 1. The zero-order chi connectivity index (χ0) is 13.7. The third-order valence-corrected chi connectivity index (χ3v) is 3.10. The first-order valence-electron chi connectivity index (χ1n) is 6.54. The fourth-order valence-electron chi connectivity index (χ4n) is 2.06. The molecule has 1 aromatic rings. The van der Waals surface area contributed by atoms with E-state index in [9.17, 15) is 0 Å². The summed E-state index contributed by atoms with van der Waals surface area (Å²) in [7, 11) is 0. The molecule has 19 heavy (non-hydrogen) atoms. The summed E-state index contributed by atoms with van der Waals surface area (Å²) in [6.07, 6.45) is 2.38. The quantitative estimate of drug-likeness (QED) is 0.620. The predicted octanol–water partition coefficient (Wildman–Crippen LogP) is 1.33. The van der Waals surface area contributed by atoms with E-state index >= 15 is 0 Å². The third kappa shape index (κ3) is 4.13. The predicted molar refractivity (Wildman–Crippen MR) is 75.2 cm³/mol. The van der Waals surface area contributed by atoms with Crippen LogP contribution in [-0.4, -0.2) is 25.3 Å². The average Bonchev–Trinajstić information content (AvgIpc) is 2.88. The van der Waals surface area contributed by atoms with Crippen LogP contribution < -0.4 is 16.2 Å². The minimum atomic E-state index is 0.0886. The van der Waals surface area contributed by atoms with E-state index in [1.807, 2.05) is 25.1 Å². The van der Waals surface area contributed by atoms with Crippen molar-refractivity contribution in [1.29, 1.82) is 0 Å². The van der Waals surface area contributed by atoms with Crippen molar-refractivity contribution in [3.8, 4) is 5.75 Å². The smallest absolute Gasteiger partial charge is 0.186 e. The lowest BCUT2D eigenvalue weighted by Crippen LogP contribution is -2.22. The SMILES string of the molecule is Cc1ccc(CN=C(N)N)c(OCC2CCCO2)c1. The van der Waals surface area contributed by atoms with E-state index in [1.54, 1.807) is 0 Å². The van der Waals surface area contributed by atoms with Gasteiger partial charge in [0.2, 0.25) is 0 Å². The topological polar surface area (TPSA) is 82.9 Å². The van der Waals surface area contributed by atoms with Gasteiger partial charge in [-0.05, 0) is 31.4 Å². The van der Waals surface area contributed by atoms with Crippen LogP contribution in [0.25, 0.3) is 0 Å². The Labute approximate surface area is 113 Å². The third-order valence-electron chi connectivity index (χ3n) is 3.10. The molecule has 1 fully saturated rings. The summed E-state index contributed by atoms with van der Waals surface area (Å²) in [6, 6.07) is 6.02. The van der Waals surface area contributed by atoms with Gasteiger partial charge >= 0.3 is 0 Å². The van der Waals surface area contributed by atoms with Gasteiger partial charge in [0.15, 0.2) is 5.96 Å². The van der Waals surface area contributed by atoms with Gasteiger partial charge in [0.05, 0.1) is 12.6 Å². The van der Waals surface area contributed by atoms with Crippen LogP contribution in [0.5, 0.6) is 5.75 Å². The lowest BCUT2D eigenvalue weighted by Gasteiger charge is -2.14. The highest BCUT2D eigenvalue weighted by atomic mass is 16.5. The Balaban J connectivity index is 2.03. The van der Waals surface area contributed by atoms with Crippen LogP contribution in [-0.2, 0) is 11.3 Å². The normalized spacial score (nSPS) is 18.3.